The summed E-state index contributed by atoms with van der Waals surface area (Å²) in [6, 6.07) is 0. The largest absolute Gasteiger partial charge is 0.286 e. The molecule has 2 rings (SSSR count). The second-order valence-corrected chi connectivity index (χ2v) is 1.94. The predicted octanol–water partition coefficient (Wildman–Crippen LogP) is -0.292. The maximum atomic E-state index is 10.7. The highest BCUT2D eigenvalue weighted by molar-refractivity contribution is 6.41. The molecule has 2 aliphatic heterocycles. The van der Waals surface area contributed by atoms with Gasteiger partial charge in [-0.15, -0.1) is 0 Å². The van der Waals surface area contributed by atoms with Crippen molar-refractivity contribution in [3.63, 3.8) is 0 Å². The molecular formula is C4H2N4O2. The molecule has 0 aromatic heterocycles. The number of carbonyl (C=O) groups is 2. The van der Waals surface area contributed by atoms with Crippen LogP contribution in [-0.4, -0.2) is 23.9 Å². The number of ketones is 2. The lowest BCUT2D eigenvalue weighted by Gasteiger charge is -1.85. The van der Waals surface area contributed by atoms with E-state index in [9.17, 15) is 9.59 Å². The molecule has 6 heteroatoms. The molecule has 2 heterocycles. The Bertz CT molecular complexity index is 228. The number of Topliss-reactive ketones (excluding diaryl/α,β-unsaturated/α-hetero) is 2. The van der Waals surface area contributed by atoms with Crippen LogP contribution < -0.4 is 0 Å². The van der Waals surface area contributed by atoms with Gasteiger partial charge in [0, 0.05) is 0 Å². The van der Waals surface area contributed by atoms with Crippen molar-refractivity contribution in [3.8, 4) is 0 Å². The van der Waals surface area contributed by atoms with Crippen LogP contribution in [0.1, 0.15) is 0 Å². The smallest absolute Gasteiger partial charge is 0.253 e. The van der Waals surface area contributed by atoms with Crippen LogP contribution in [0, 0.1) is 0 Å². The number of nitrogens with zero attached hydrogens (tertiary/aromatic N) is 4. The van der Waals surface area contributed by atoms with Gasteiger partial charge in [-0.2, -0.15) is 20.5 Å². The highest BCUT2D eigenvalue weighted by Crippen LogP contribution is 2.18. The van der Waals surface area contributed by atoms with Crippen LogP contribution in [-0.2, 0) is 9.59 Å². The summed E-state index contributed by atoms with van der Waals surface area (Å²) in [5, 5.41) is 13.2. The fraction of sp³-hybridized carbons (Fsp3) is 0.500. The lowest BCUT2D eigenvalue weighted by molar-refractivity contribution is -0.136. The molecule has 0 spiro atoms. The lowest BCUT2D eigenvalue weighted by Crippen LogP contribution is -2.24. The van der Waals surface area contributed by atoms with E-state index in [1.807, 2.05) is 0 Å². The second kappa shape index (κ2) is 1.53. The van der Waals surface area contributed by atoms with E-state index in [1.165, 1.54) is 0 Å². The Kier molecular flexibility index (Phi) is 0.814. The Morgan fingerprint density at radius 2 is 1.10 bits per heavy atom. The van der Waals surface area contributed by atoms with Crippen molar-refractivity contribution < 1.29 is 9.59 Å². The third-order valence-electron chi connectivity index (χ3n) is 1.17. The monoisotopic (exact) mass is 138 g/mol. The molecule has 10 heavy (non-hydrogen) atoms. The minimum Gasteiger partial charge on any atom is -0.286 e. The van der Waals surface area contributed by atoms with E-state index >= 15 is 0 Å². The van der Waals surface area contributed by atoms with Crippen molar-refractivity contribution in [1.29, 1.82) is 0 Å². The van der Waals surface area contributed by atoms with Crippen LogP contribution in [0.15, 0.2) is 20.5 Å². The first-order valence-corrected chi connectivity index (χ1v) is 2.67. The molecule has 0 fully saturated rings. The van der Waals surface area contributed by atoms with Crippen LogP contribution in [0.4, 0.5) is 0 Å². The minimum atomic E-state index is -0.738. The highest BCUT2D eigenvalue weighted by Gasteiger charge is 2.39. The molecule has 0 aliphatic carbocycles. The Balaban J connectivity index is 1.96. The zero-order valence-electron chi connectivity index (χ0n) is 4.76. The van der Waals surface area contributed by atoms with Gasteiger partial charge in [-0.1, -0.05) is 0 Å². The van der Waals surface area contributed by atoms with E-state index < -0.39 is 23.9 Å². The van der Waals surface area contributed by atoms with Crippen molar-refractivity contribution in [1.82, 2.24) is 0 Å². The zero-order valence-corrected chi connectivity index (χ0v) is 4.76. The van der Waals surface area contributed by atoms with Crippen LogP contribution in [0.5, 0.6) is 0 Å². The van der Waals surface area contributed by atoms with E-state index in [1.54, 1.807) is 0 Å². The molecule has 0 saturated heterocycles. The molecule has 6 nitrogen and oxygen atoms in total. The van der Waals surface area contributed by atoms with Gasteiger partial charge in [-0.05, 0) is 0 Å². The van der Waals surface area contributed by atoms with Crippen LogP contribution in [0.3, 0.4) is 0 Å². The second-order valence-electron chi connectivity index (χ2n) is 1.94. The number of hydrogen-bond donors (Lipinski definition) is 0. The molecular weight excluding hydrogens is 136 g/mol. The molecule has 0 atom stereocenters. The highest BCUT2D eigenvalue weighted by atomic mass is 16.2. The summed E-state index contributed by atoms with van der Waals surface area (Å²) in [7, 11) is 0. The van der Waals surface area contributed by atoms with Crippen molar-refractivity contribution in [2.75, 3.05) is 0 Å². The maximum Gasteiger partial charge on any atom is 0.253 e. The third-order valence-corrected chi connectivity index (χ3v) is 1.17. The number of carbonyl (C=O) groups excluding carboxylic acids is 2. The summed E-state index contributed by atoms with van der Waals surface area (Å²) in [5.41, 5.74) is 0. The topological polar surface area (TPSA) is 83.6 Å². The lowest BCUT2D eigenvalue weighted by atomic mass is 10.2. The first-order valence-electron chi connectivity index (χ1n) is 2.67. The third kappa shape index (κ3) is 0.734. The van der Waals surface area contributed by atoms with Gasteiger partial charge in [0.15, 0.2) is 0 Å². The van der Waals surface area contributed by atoms with Crippen LogP contribution >= 0.6 is 0 Å². The molecule has 0 amide bonds. The Morgan fingerprint density at radius 3 is 1.30 bits per heavy atom. The Labute approximate surface area is 55.0 Å². The van der Waals surface area contributed by atoms with Crippen molar-refractivity contribution in [3.05, 3.63) is 0 Å². The predicted molar refractivity (Wildman–Crippen MR) is 27.3 cm³/mol. The fourth-order valence-electron chi connectivity index (χ4n) is 0.531. The van der Waals surface area contributed by atoms with E-state index in [-0.39, 0.29) is 0 Å². The molecule has 0 unspecified atom stereocenters. The van der Waals surface area contributed by atoms with Crippen LogP contribution in [0.2, 0.25) is 0 Å². The van der Waals surface area contributed by atoms with Crippen molar-refractivity contribution in [2.24, 2.45) is 20.5 Å². The molecule has 0 saturated carbocycles. The quantitative estimate of drug-likeness (QED) is 0.502. The van der Waals surface area contributed by atoms with Crippen molar-refractivity contribution in [2.45, 2.75) is 12.3 Å². The zero-order chi connectivity index (χ0) is 7.14. The normalized spacial score (nSPS) is 21.2. The summed E-state index contributed by atoms with van der Waals surface area (Å²) in [6.45, 7) is 0. The maximum absolute atomic E-state index is 10.7. The van der Waals surface area contributed by atoms with Gasteiger partial charge in [-0.3, -0.25) is 9.59 Å². The Hall–Kier alpha value is -1.46. The van der Waals surface area contributed by atoms with Gasteiger partial charge in [0.1, 0.15) is 0 Å². The summed E-state index contributed by atoms with van der Waals surface area (Å²) in [5.74, 6) is -1.20. The van der Waals surface area contributed by atoms with Gasteiger partial charge >= 0.3 is 0 Å². The molecule has 50 valence electrons. The molecule has 0 aromatic carbocycles. The van der Waals surface area contributed by atoms with Gasteiger partial charge in [0.25, 0.3) is 11.6 Å². The number of rotatable bonds is 3. The van der Waals surface area contributed by atoms with E-state index in [2.05, 4.69) is 20.5 Å². The van der Waals surface area contributed by atoms with Gasteiger partial charge in [0.2, 0.25) is 12.3 Å². The van der Waals surface area contributed by atoms with E-state index in [4.69, 9.17) is 0 Å². The first-order chi connectivity index (χ1) is 4.79. The molecule has 0 bridgehead atoms. The average molecular weight is 138 g/mol. The van der Waals surface area contributed by atoms with E-state index in [0.717, 1.165) is 0 Å². The SMILES string of the molecule is O=C(C(=O)C1N=N1)C1N=N1. The minimum absolute atomic E-state index is 0.602. The summed E-state index contributed by atoms with van der Waals surface area (Å²) < 4.78 is 0. The molecule has 0 radical (unpaired) electrons. The van der Waals surface area contributed by atoms with Crippen molar-refractivity contribution >= 4 is 11.6 Å². The first kappa shape index (κ1) is 5.33. The Morgan fingerprint density at radius 1 is 0.800 bits per heavy atom. The summed E-state index contributed by atoms with van der Waals surface area (Å²) in [4.78, 5) is 21.5. The summed E-state index contributed by atoms with van der Waals surface area (Å²) >= 11 is 0. The van der Waals surface area contributed by atoms with Gasteiger partial charge in [-0.25, -0.2) is 0 Å². The number of hydrogen-bond acceptors (Lipinski definition) is 6. The van der Waals surface area contributed by atoms with E-state index in [0.29, 0.717) is 0 Å². The fourth-order valence-corrected chi connectivity index (χ4v) is 0.531. The average Bonchev–Trinajstić information content (AvgIpc) is 2.73. The molecule has 0 N–H and O–H groups in total. The van der Waals surface area contributed by atoms with Gasteiger partial charge in [0.05, 0.1) is 0 Å². The van der Waals surface area contributed by atoms with Crippen LogP contribution in [0.25, 0.3) is 0 Å². The summed E-state index contributed by atoms with van der Waals surface area (Å²) in [6.07, 6.45) is -1.48. The molecule has 2 aliphatic rings. The standard InChI is InChI=1S/C4H2N4O2/c9-1(3-5-6-3)2(10)4-7-8-4/h3-4H. The van der Waals surface area contributed by atoms with Gasteiger partial charge < -0.3 is 0 Å². The molecule has 0 aromatic rings.